The summed E-state index contributed by atoms with van der Waals surface area (Å²) in [6.07, 6.45) is 5.51. The smallest absolute Gasteiger partial charge is 0.251 e. The fourth-order valence-electron chi connectivity index (χ4n) is 2.24. The van der Waals surface area contributed by atoms with Crippen LogP contribution >= 0.6 is 35.0 Å². The van der Waals surface area contributed by atoms with Crippen LogP contribution < -0.4 is 5.32 Å². The van der Waals surface area contributed by atoms with Crippen molar-refractivity contribution in [3.8, 4) is 0 Å². The summed E-state index contributed by atoms with van der Waals surface area (Å²) in [4.78, 5) is 28.8. The molecule has 2 aliphatic rings. The number of amides is 1. The zero-order valence-corrected chi connectivity index (χ0v) is 14.2. The van der Waals surface area contributed by atoms with Gasteiger partial charge >= 0.3 is 0 Å². The number of allylic oxidation sites excluding steroid dienone is 4. The van der Waals surface area contributed by atoms with E-state index in [9.17, 15) is 9.59 Å². The zero-order valence-electron chi connectivity index (χ0n) is 11.9. The molecule has 0 spiro atoms. The topological polar surface area (TPSA) is 58.5 Å². The van der Waals surface area contributed by atoms with Gasteiger partial charge in [0, 0.05) is 33.1 Å². The standard InChI is InChI=1S/C16H12Cl2N2O2S/c17-10-5-9(6-11(18)7-10)16(22)19-4-3-15-20-13-2-1-12(21)8-14(13)23-15/h1-2,5-8,15H,3-4H2,(H,19,22). The molecule has 1 unspecified atom stereocenters. The van der Waals surface area contributed by atoms with Gasteiger partial charge in [-0.25, -0.2) is 0 Å². The van der Waals surface area contributed by atoms with Gasteiger partial charge in [0.2, 0.25) is 0 Å². The Labute approximate surface area is 147 Å². The highest BCUT2D eigenvalue weighted by Crippen LogP contribution is 2.35. The van der Waals surface area contributed by atoms with E-state index < -0.39 is 0 Å². The normalized spacial score (nSPS) is 19.2. The second-order valence-electron chi connectivity index (χ2n) is 5.03. The number of benzene rings is 1. The van der Waals surface area contributed by atoms with Gasteiger partial charge < -0.3 is 5.32 Å². The molecule has 0 fully saturated rings. The summed E-state index contributed by atoms with van der Waals surface area (Å²) in [5.74, 6) is -0.241. The van der Waals surface area contributed by atoms with Crippen molar-refractivity contribution < 1.29 is 9.59 Å². The van der Waals surface area contributed by atoms with E-state index in [2.05, 4.69) is 10.3 Å². The molecule has 1 aromatic rings. The maximum atomic E-state index is 12.1. The summed E-state index contributed by atoms with van der Waals surface area (Å²) >= 11 is 13.3. The summed E-state index contributed by atoms with van der Waals surface area (Å²) in [6, 6.07) is 4.72. The van der Waals surface area contributed by atoms with Crippen molar-refractivity contribution in [2.45, 2.75) is 11.8 Å². The molecule has 4 nitrogen and oxygen atoms in total. The summed E-state index contributed by atoms with van der Waals surface area (Å²) in [7, 11) is 0. The van der Waals surface area contributed by atoms with Gasteiger partial charge in [-0.15, -0.1) is 0 Å². The van der Waals surface area contributed by atoms with E-state index in [0.29, 0.717) is 28.6 Å². The maximum absolute atomic E-state index is 12.1. The third kappa shape index (κ3) is 4.05. The van der Waals surface area contributed by atoms with Crippen molar-refractivity contribution in [1.29, 1.82) is 0 Å². The number of ketones is 1. The lowest BCUT2D eigenvalue weighted by molar-refractivity contribution is -0.110. The second-order valence-corrected chi connectivity index (χ2v) is 7.13. The van der Waals surface area contributed by atoms with Crippen molar-refractivity contribution in [3.05, 3.63) is 56.9 Å². The predicted molar refractivity (Wildman–Crippen MR) is 94.5 cm³/mol. The van der Waals surface area contributed by atoms with Crippen LogP contribution in [0.3, 0.4) is 0 Å². The lowest BCUT2D eigenvalue weighted by atomic mass is 10.1. The Hall–Kier alpha value is -1.56. The molecule has 0 bridgehead atoms. The summed E-state index contributed by atoms with van der Waals surface area (Å²) in [5, 5.41) is 3.68. The fourth-order valence-corrected chi connectivity index (χ4v) is 3.89. The molecule has 0 radical (unpaired) electrons. The number of aliphatic imine (C=N–C) groups is 1. The van der Waals surface area contributed by atoms with E-state index in [1.54, 1.807) is 42.1 Å². The molecule has 1 heterocycles. The SMILES string of the molecule is O=C1C=CC2=NC(CCNC(=O)c3cc(Cl)cc(Cl)c3)SC2=C1. The summed E-state index contributed by atoms with van der Waals surface area (Å²) in [5.41, 5.74) is 1.27. The van der Waals surface area contributed by atoms with Crippen molar-refractivity contribution in [1.82, 2.24) is 5.32 Å². The molecular formula is C16H12Cl2N2O2S. The number of carbonyl (C=O) groups is 2. The van der Waals surface area contributed by atoms with Gasteiger partial charge in [0.1, 0.15) is 5.37 Å². The zero-order chi connectivity index (χ0) is 16.4. The van der Waals surface area contributed by atoms with Crippen LogP contribution in [0, 0.1) is 0 Å². The summed E-state index contributed by atoms with van der Waals surface area (Å²) < 4.78 is 0. The van der Waals surface area contributed by atoms with Crippen LogP contribution in [-0.4, -0.2) is 29.3 Å². The number of halogens is 2. The van der Waals surface area contributed by atoms with Crippen molar-refractivity contribution in [2.24, 2.45) is 4.99 Å². The number of hydrogen-bond acceptors (Lipinski definition) is 4. The van der Waals surface area contributed by atoms with E-state index in [4.69, 9.17) is 23.2 Å². The highest BCUT2D eigenvalue weighted by atomic mass is 35.5. The van der Waals surface area contributed by atoms with Gasteiger partial charge in [-0.05, 0) is 36.8 Å². The molecular weight excluding hydrogens is 355 g/mol. The van der Waals surface area contributed by atoms with Crippen LogP contribution in [0.4, 0.5) is 0 Å². The number of thioether (sulfide) groups is 1. The van der Waals surface area contributed by atoms with E-state index in [1.165, 1.54) is 6.08 Å². The van der Waals surface area contributed by atoms with Gasteiger partial charge in [0.05, 0.1) is 5.71 Å². The van der Waals surface area contributed by atoms with E-state index in [1.807, 2.05) is 0 Å². The molecule has 118 valence electrons. The average Bonchev–Trinajstić information content (AvgIpc) is 2.87. The minimum Gasteiger partial charge on any atom is -0.352 e. The first-order chi connectivity index (χ1) is 11.0. The Balaban J connectivity index is 1.53. The minimum atomic E-state index is -0.225. The van der Waals surface area contributed by atoms with Crippen molar-refractivity contribution in [2.75, 3.05) is 6.54 Å². The van der Waals surface area contributed by atoms with Crippen LogP contribution in [0.25, 0.3) is 0 Å². The number of fused-ring (bicyclic) bond motifs is 1. The van der Waals surface area contributed by atoms with Crippen LogP contribution in [0.2, 0.25) is 10.0 Å². The van der Waals surface area contributed by atoms with Gasteiger partial charge in [-0.3, -0.25) is 14.6 Å². The molecule has 1 N–H and O–H groups in total. The quantitative estimate of drug-likeness (QED) is 0.827. The second kappa shape index (κ2) is 6.91. The molecule has 0 aromatic heterocycles. The molecule has 3 rings (SSSR count). The predicted octanol–water partition coefficient (Wildman–Crippen LogP) is 3.65. The number of rotatable bonds is 4. The Morgan fingerprint density at radius 2 is 1.96 bits per heavy atom. The summed E-state index contributed by atoms with van der Waals surface area (Å²) in [6.45, 7) is 0.475. The third-order valence-corrected chi connectivity index (χ3v) is 4.91. The number of hydrogen-bond donors (Lipinski definition) is 1. The monoisotopic (exact) mass is 366 g/mol. The van der Waals surface area contributed by atoms with Crippen LogP contribution in [0.5, 0.6) is 0 Å². The molecule has 0 saturated heterocycles. The first-order valence-corrected chi connectivity index (χ1v) is 8.58. The van der Waals surface area contributed by atoms with Crippen molar-refractivity contribution in [3.63, 3.8) is 0 Å². The Morgan fingerprint density at radius 3 is 2.70 bits per heavy atom. The minimum absolute atomic E-state index is 0.00930. The number of nitrogens with one attached hydrogen (secondary N) is 1. The Kier molecular flexibility index (Phi) is 4.90. The molecule has 1 aliphatic carbocycles. The first-order valence-electron chi connectivity index (χ1n) is 6.94. The Morgan fingerprint density at radius 1 is 1.22 bits per heavy atom. The highest BCUT2D eigenvalue weighted by Gasteiger charge is 2.24. The van der Waals surface area contributed by atoms with Crippen LogP contribution in [0.15, 0.2) is 46.3 Å². The molecule has 1 atom stereocenters. The molecule has 1 aromatic carbocycles. The molecule has 0 saturated carbocycles. The van der Waals surface area contributed by atoms with Crippen molar-refractivity contribution >= 4 is 52.4 Å². The van der Waals surface area contributed by atoms with Gasteiger partial charge in [0.15, 0.2) is 5.78 Å². The number of nitrogens with zero attached hydrogens (tertiary/aromatic N) is 1. The van der Waals surface area contributed by atoms with Gasteiger partial charge in [-0.2, -0.15) is 0 Å². The van der Waals surface area contributed by atoms with Crippen LogP contribution in [-0.2, 0) is 4.79 Å². The van der Waals surface area contributed by atoms with Crippen LogP contribution in [0.1, 0.15) is 16.8 Å². The van der Waals surface area contributed by atoms with Gasteiger partial charge in [0.25, 0.3) is 5.91 Å². The first kappa shape index (κ1) is 16.3. The fraction of sp³-hybridized carbons (Fsp3) is 0.188. The molecule has 23 heavy (non-hydrogen) atoms. The Bertz CT molecular complexity index is 751. The largest absolute Gasteiger partial charge is 0.352 e. The molecule has 1 aliphatic heterocycles. The van der Waals surface area contributed by atoms with E-state index in [-0.39, 0.29) is 17.1 Å². The van der Waals surface area contributed by atoms with E-state index >= 15 is 0 Å². The lowest BCUT2D eigenvalue weighted by Gasteiger charge is -2.08. The highest BCUT2D eigenvalue weighted by molar-refractivity contribution is 8.05. The van der Waals surface area contributed by atoms with Gasteiger partial charge in [-0.1, -0.05) is 35.0 Å². The van der Waals surface area contributed by atoms with E-state index in [0.717, 1.165) is 10.6 Å². The lowest BCUT2D eigenvalue weighted by Crippen LogP contribution is -2.26. The number of carbonyl (C=O) groups excluding carboxylic acids is 2. The average molecular weight is 367 g/mol. The molecule has 1 amide bonds. The molecule has 7 heteroatoms. The maximum Gasteiger partial charge on any atom is 0.251 e. The third-order valence-electron chi connectivity index (χ3n) is 3.28.